The van der Waals surface area contributed by atoms with Crippen molar-refractivity contribution in [2.24, 2.45) is 5.16 Å². The van der Waals surface area contributed by atoms with Crippen molar-refractivity contribution in [3.05, 3.63) is 59.2 Å². The van der Waals surface area contributed by atoms with Crippen molar-refractivity contribution in [3.63, 3.8) is 0 Å². The van der Waals surface area contributed by atoms with Gasteiger partial charge in [0.25, 0.3) is 0 Å². The van der Waals surface area contributed by atoms with Crippen LogP contribution < -0.4 is 4.74 Å². The van der Waals surface area contributed by atoms with E-state index in [1.807, 2.05) is 19.1 Å². The normalized spacial score (nSPS) is 17.4. The van der Waals surface area contributed by atoms with Crippen molar-refractivity contribution in [2.75, 3.05) is 0 Å². The van der Waals surface area contributed by atoms with E-state index in [0.717, 1.165) is 23.3 Å². The third-order valence-corrected chi connectivity index (χ3v) is 3.83. The molecule has 24 heavy (non-hydrogen) atoms. The van der Waals surface area contributed by atoms with Crippen LogP contribution in [0.1, 0.15) is 29.2 Å². The minimum Gasteiger partial charge on any atom is -0.457 e. The first-order chi connectivity index (χ1) is 11.3. The number of alkyl halides is 3. The molecule has 0 radical (unpaired) electrons. The van der Waals surface area contributed by atoms with Gasteiger partial charge in [0.05, 0.1) is 5.56 Å². The van der Waals surface area contributed by atoms with Gasteiger partial charge in [0.15, 0.2) is 6.10 Å². The monoisotopic (exact) mass is 355 g/mol. The van der Waals surface area contributed by atoms with Gasteiger partial charge in [-0.3, -0.25) is 0 Å². The molecular formula is C17H13ClF3NO2. The molecule has 0 spiro atoms. The van der Waals surface area contributed by atoms with Crippen LogP contribution >= 0.6 is 11.6 Å². The molecule has 0 aliphatic carbocycles. The van der Waals surface area contributed by atoms with Crippen LogP contribution in [0.2, 0.25) is 0 Å². The van der Waals surface area contributed by atoms with Crippen LogP contribution in [0.3, 0.4) is 0 Å². The van der Waals surface area contributed by atoms with E-state index in [2.05, 4.69) is 5.16 Å². The van der Waals surface area contributed by atoms with Gasteiger partial charge in [0, 0.05) is 6.42 Å². The maximum atomic E-state index is 12.8. The van der Waals surface area contributed by atoms with Gasteiger partial charge in [-0.05, 0) is 42.3 Å². The van der Waals surface area contributed by atoms with Crippen LogP contribution in [0.4, 0.5) is 13.2 Å². The molecule has 0 unspecified atom stereocenters. The predicted molar refractivity (Wildman–Crippen MR) is 84.4 cm³/mol. The van der Waals surface area contributed by atoms with Crippen LogP contribution in [-0.4, -0.2) is 5.17 Å². The fourth-order valence-electron chi connectivity index (χ4n) is 2.32. The Bertz CT molecular complexity index is 790. The highest BCUT2D eigenvalue weighted by Gasteiger charge is 2.30. The zero-order chi connectivity index (χ0) is 17.3. The molecule has 1 aliphatic rings. The number of halogens is 4. The maximum absolute atomic E-state index is 12.8. The fraction of sp³-hybridized carbons (Fsp3) is 0.235. The second kappa shape index (κ2) is 6.36. The number of hydrogen-bond donors (Lipinski definition) is 0. The minimum atomic E-state index is -4.41. The Labute approximate surface area is 141 Å². The smallest absolute Gasteiger partial charge is 0.416 e. The first-order valence-electron chi connectivity index (χ1n) is 7.17. The molecule has 0 fully saturated rings. The van der Waals surface area contributed by atoms with E-state index >= 15 is 0 Å². The Kier molecular flexibility index (Phi) is 4.41. The first kappa shape index (κ1) is 16.6. The van der Waals surface area contributed by atoms with Crippen molar-refractivity contribution in [3.8, 4) is 11.5 Å². The summed E-state index contributed by atoms with van der Waals surface area (Å²) in [7, 11) is 0. The van der Waals surface area contributed by atoms with E-state index < -0.39 is 11.7 Å². The number of hydrogen-bond acceptors (Lipinski definition) is 3. The summed E-state index contributed by atoms with van der Waals surface area (Å²) in [6, 6.07) is 10.2. The first-order valence-corrected chi connectivity index (χ1v) is 7.54. The van der Waals surface area contributed by atoms with Gasteiger partial charge in [0.1, 0.15) is 16.7 Å². The lowest BCUT2D eigenvalue weighted by Gasteiger charge is -2.14. The summed E-state index contributed by atoms with van der Waals surface area (Å²) in [6.07, 6.45) is -4.28. The van der Waals surface area contributed by atoms with E-state index in [0.29, 0.717) is 17.3 Å². The summed E-state index contributed by atoms with van der Waals surface area (Å²) in [6.45, 7) is 1.81. The number of rotatable bonds is 3. The molecule has 7 heteroatoms. The van der Waals surface area contributed by atoms with Crippen LogP contribution in [0.15, 0.2) is 47.6 Å². The van der Waals surface area contributed by atoms with E-state index in [9.17, 15) is 13.2 Å². The van der Waals surface area contributed by atoms with E-state index in [4.69, 9.17) is 21.2 Å². The highest BCUT2D eigenvalue weighted by atomic mass is 35.5. The lowest BCUT2D eigenvalue weighted by Crippen LogP contribution is -2.04. The summed E-state index contributed by atoms with van der Waals surface area (Å²) >= 11 is 5.80. The molecule has 126 valence electrons. The summed E-state index contributed by atoms with van der Waals surface area (Å²) in [5.74, 6) is 0.574. The van der Waals surface area contributed by atoms with Gasteiger partial charge in [0.2, 0.25) is 0 Å². The third-order valence-electron chi connectivity index (χ3n) is 3.61. The van der Waals surface area contributed by atoms with E-state index in [1.54, 1.807) is 6.07 Å². The third kappa shape index (κ3) is 3.64. The predicted octanol–water partition coefficient (Wildman–Crippen LogP) is 5.82. The minimum absolute atomic E-state index is 0.117. The molecule has 0 amide bonds. The van der Waals surface area contributed by atoms with Crippen molar-refractivity contribution in [1.29, 1.82) is 0 Å². The van der Waals surface area contributed by atoms with Crippen LogP contribution in [0, 0.1) is 6.92 Å². The Morgan fingerprint density at radius 1 is 1.21 bits per heavy atom. The van der Waals surface area contributed by atoms with E-state index in [-0.39, 0.29) is 11.9 Å². The van der Waals surface area contributed by atoms with Crippen molar-refractivity contribution in [1.82, 2.24) is 0 Å². The lowest BCUT2D eigenvalue weighted by molar-refractivity contribution is -0.137. The van der Waals surface area contributed by atoms with Gasteiger partial charge < -0.3 is 9.57 Å². The second-order valence-corrected chi connectivity index (χ2v) is 5.85. The average molecular weight is 356 g/mol. The molecular weight excluding hydrogens is 343 g/mol. The molecule has 0 saturated carbocycles. The molecule has 3 nitrogen and oxygen atoms in total. The molecule has 2 aromatic rings. The number of ether oxygens (including phenoxy) is 1. The molecule has 0 bridgehead atoms. The molecule has 0 aromatic heterocycles. The molecule has 1 heterocycles. The average Bonchev–Trinajstić information content (AvgIpc) is 2.95. The largest absolute Gasteiger partial charge is 0.457 e. The topological polar surface area (TPSA) is 30.8 Å². The Hall–Kier alpha value is -2.21. The molecule has 0 saturated heterocycles. The second-order valence-electron chi connectivity index (χ2n) is 5.42. The summed E-state index contributed by atoms with van der Waals surface area (Å²) in [5.41, 5.74) is 0.830. The number of oxime groups is 1. The van der Waals surface area contributed by atoms with Crippen molar-refractivity contribution >= 4 is 16.8 Å². The Balaban J connectivity index is 1.85. The standard InChI is InChI=1S/C17H13ClF3NO2/c1-10-5-6-11(15-9-16(18)22-24-15)7-14(10)23-13-4-2-3-12(8-13)17(19,20)21/h2-8,15H,9H2,1H3/t15-/m0/s1. The van der Waals surface area contributed by atoms with Gasteiger partial charge in [-0.15, -0.1) is 0 Å². The molecule has 0 N–H and O–H groups in total. The van der Waals surface area contributed by atoms with Gasteiger partial charge in [-0.25, -0.2) is 0 Å². The van der Waals surface area contributed by atoms with Gasteiger partial charge >= 0.3 is 6.18 Å². The molecule has 1 aliphatic heterocycles. The molecule has 1 atom stereocenters. The quantitative estimate of drug-likeness (QED) is 0.694. The lowest BCUT2D eigenvalue weighted by atomic mass is 10.0. The number of benzene rings is 2. The zero-order valence-corrected chi connectivity index (χ0v) is 13.4. The summed E-state index contributed by atoms with van der Waals surface area (Å²) in [5, 5.41) is 4.06. The number of aryl methyl sites for hydroxylation is 1. The summed E-state index contributed by atoms with van der Waals surface area (Å²) < 4.78 is 44.0. The Morgan fingerprint density at radius 2 is 2.00 bits per heavy atom. The molecule has 2 aromatic carbocycles. The highest BCUT2D eigenvalue weighted by Crippen LogP contribution is 2.35. The Morgan fingerprint density at radius 3 is 2.67 bits per heavy atom. The maximum Gasteiger partial charge on any atom is 0.416 e. The zero-order valence-electron chi connectivity index (χ0n) is 12.6. The van der Waals surface area contributed by atoms with Crippen LogP contribution in [0.25, 0.3) is 0 Å². The van der Waals surface area contributed by atoms with Crippen molar-refractivity contribution < 1.29 is 22.7 Å². The molecule has 3 rings (SSSR count). The van der Waals surface area contributed by atoms with Crippen LogP contribution in [0.5, 0.6) is 11.5 Å². The highest BCUT2D eigenvalue weighted by molar-refractivity contribution is 6.65. The van der Waals surface area contributed by atoms with Crippen molar-refractivity contribution in [2.45, 2.75) is 25.6 Å². The number of nitrogens with zero attached hydrogens (tertiary/aromatic N) is 1. The van der Waals surface area contributed by atoms with Crippen LogP contribution in [-0.2, 0) is 11.0 Å². The van der Waals surface area contributed by atoms with Gasteiger partial charge in [-0.2, -0.15) is 13.2 Å². The SMILES string of the molecule is Cc1ccc([C@@H]2CC(Cl)=NO2)cc1Oc1cccc(C(F)(F)F)c1. The summed E-state index contributed by atoms with van der Waals surface area (Å²) in [4.78, 5) is 5.21. The van der Waals surface area contributed by atoms with E-state index in [1.165, 1.54) is 12.1 Å². The fourth-order valence-corrected chi connectivity index (χ4v) is 2.50. The van der Waals surface area contributed by atoms with Gasteiger partial charge in [-0.1, -0.05) is 35.0 Å².